The fraction of sp³-hybridized carbons (Fsp3) is 0.267. The topological polar surface area (TPSA) is 86.3 Å². The van der Waals surface area contributed by atoms with Gasteiger partial charge in [-0.05, 0) is 17.7 Å². The lowest BCUT2D eigenvalue weighted by molar-refractivity contribution is -0.141. The van der Waals surface area contributed by atoms with Crippen LogP contribution in [0.3, 0.4) is 0 Å². The zero-order valence-electron chi connectivity index (χ0n) is 11.9. The maximum absolute atomic E-state index is 14.0. The molecule has 0 radical (unpaired) electrons. The standard InChI is InChI=1S/C15H13F2N3O3/c16-8-1-2-9(12(17)5-8)10-6-20(7-11(10)15(22)23)13-3-4-14(21)19-18-13/h1-5,10-11H,6-7H2,(H,19,21)(H,22,23). The SMILES string of the molecule is O=C(O)C1CN(c2ccc(=O)[nH]n2)CC1c1ccc(F)cc1F. The number of hydrogen-bond acceptors (Lipinski definition) is 4. The molecule has 0 saturated carbocycles. The van der Waals surface area contributed by atoms with Crippen LogP contribution in [0.15, 0.2) is 35.1 Å². The van der Waals surface area contributed by atoms with Crippen molar-refractivity contribution in [1.29, 1.82) is 0 Å². The van der Waals surface area contributed by atoms with Crippen LogP contribution in [0.5, 0.6) is 0 Å². The predicted octanol–water partition coefficient (Wildman–Crippen LogP) is 1.35. The third-order valence-corrected chi connectivity index (χ3v) is 3.99. The molecule has 23 heavy (non-hydrogen) atoms. The first kappa shape index (κ1) is 15.1. The molecule has 1 fully saturated rings. The van der Waals surface area contributed by atoms with Crippen molar-refractivity contribution in [2.24, 2.45) is 5.92 Å². The van der Waals surface area contributed by atoms with Gasteiger partial charge in [-0.1, -0.05) is 6.07 Å². The minimum absolute atomic E-state index is 0.121. The zero-order chi connectivity index (χ0) is 16.6. The van der Waals surface area contributed by atoms with Gasteiger partial charge < -0.3 is 10.0 Å². The van der Waals surface area contributed by atoms with E-state index in [9.17, 15) is 23.5 Å². The highest BCUT2D eigenvalue weighted by molar-refractivity contribution is 5.73. The van der Waals surface area contributed by atoms with Crippen LogP contribution in [0, 0.1) is 17.6 Å². The number of nitrogens with one attached hydrogen (secondary N) is 1. The molecule has 6 nitrogen and oxygen atoms in total. The largest absolute Gasteiger partial charge is 0.481 e. The summed E-state index contributed by atoms with van der Waals surface area (Å²) in [5.74, 6) is -3.63. The van der Waals surface area contributed by atoms with E-state index in [0.717, 1.165) is 12.1 Å². The number of carboxylic acid groups (broad SMARTS) is 1. The molecule has 1 aromatic carbocycles. The maximum atomic E-state index is 14.0. The second kappa shape index (κ2) is 5.79. The summed E-state index contributed by atoms with van der Waals surface area (Å²) >= 11 is 0. The number of anilines is 1. The highest BCUT2D eigenvalue weighted by Crippen LogP contribution is 2.36. The number of hydrogen-bond donors (Lipinski definition) is 2. The monoisotopic (exact) mass is 321 g/mol. The molecule has 2 atom stereocenters. The van der Waals surface area contributed by atoms with Gasteiger partial charge in [-0.15, -0.1) is 0 Å². The lowest BCUT2D eigenvalue weighted by Gasteiger charge is -2.17. The first-order valence-corrected chi connectivity index (χ1v) is 6.94. The predicted molar refractivity (Wildman–Crippen MR) is 77.3 cm³/mol. The number of carboxylic acids is 1. The van der Waals surface area contributed by atoms with Crippen LogP contribution in [0.2, 0.25) is 0 Å². The van der Waals surface area contributed by atoms with Crippen molar-refractivity contribution >= 4 is 11.8 Å². The molecule has 0 spiro atoms. The molecule has 1 saturated heterocycles. The zero-order valence-corrected chi connectivity index (χ0v) is 11.9. The Bertz CT molecular complexity index is 788. The molecule has 1 aliphatic rings. The third-order valence-electron chi connectivity index (χ3n) is 3.99. The van der Waals surface area contributed by atoms with Crippen LogP contribution in [0.1, 0.15) is 11.5 Å². The summed E-state index contributed by atoms with van der Waals surface area (Å²) in [6.45, 7) is 0.328. The maximum Gasteiger partial charge on any atom is 0.308 e. The van der Waals surface area contributed by atoms with Gasteiger partial charge in [0, 0.05) is 31.1 Å². The van der Waals surface area contributed by atoms with Crippen LogP contribution < -0.4 is 10.5 Å². The summed E-state index contributed by atoms with van der Waals surface area (Å²) < 4.78 is 27.1. The second-order valence-corrected chi connectivity index (χ2v) is 5.40. The van der Waals surface area contributed by atoms with E-state index >= 15 is 0 Å². The number of aromatic amines is 1. The second-order valence-electron chi connectivity index (χ2n) is 5.40. The molecule has 3 rings (SSSR count). The van der Waals surface area contributed by atoms with Crippen molar-refractivity contribution in [2.75, 3.05) is 18.0 Å². The molecule has 0 bridgehead atoms. The highest BCUT2D eigenvalue weighted by atomic mass is 19.1. The number of rotatable bonds is 3. The quantitative estimate of drug-likeness (QED) is 0.891. The number of carbonyl (C=O) groups is 1. The molecule has 0 amide bonds. The Balaban J connectivity index is 1.94. The molecule has 8 heteroatoms. The van der Waals surface area contributed by atoms with E-state index in [2.05, 4.69) is 10.2 Å². The van der Waals surface area contributed by atoms with E-state index < -0.39 is 29.4 Å². The minimum atomic E-state index is -1.06. The van der Waals surface area contributed by atoms with Crippen LogP contribution >= 0.6 is 0 Å². The Morgan fingerprint density at radius 3 is 2.65 bits per heavy atom. The lowest BCUT2D eigenvalue weighted by Crippen LogP contribution is -2.24. The fourth-order valence-electron chi connectivity index (χ4n) is 2.87. The number of aliphatic carboxylic acids is 1. The highest BCUT2D eigenvalue weighted by Gasteiger charge is 2.40. The van der Waals surface area contributed by atoms with E-state index in [0.29, 0.717) is 5.82 Å². The van der Waals surface area contributed by atoms with Gasteiger partial charge in [0.1, 0.15) is 17.5 Å². The molecule has 2 heterocycles. The fourth-order valence-corrected chi connectivity index (χ4v) is 2.87. The van der Waals surface area contributed by atoms with Crippen molar-refractivity contribution in [3.63, 3.8) is 0 Å². The lowest BCUT2D eigenvalue weighted by atomic mass is 9.88. The third kappa shape index (κ3) is 2.92. The molecular weight excluding hydrogens is 308 g/mol. The van der Waals surface area contributed by atoms with Gasteiger partial charge in [0.15, 0.2) is 0 Å². The Kier molecular flexibility index (Phi) is 3.81. The summed E-state index contributed by atoms with van der Waals surface area (Å²) in [4.78, 5) is 24.2. The molecule has 2 unspecified atom stereocenters. The first-order chi connectivity index (χ1) is 11.0. The van der Waals surface area contributed by atoms with Gasteiger partial charge in [-0.3, -0.25) is 9.59 Å². The molecule has 2 N–H and O–H groups in total. The average molecular weight is 321 g/mol. The van der Waals surface area contributed by atoms with Gasteiger partial charge >= 0.3 is 5.97 Å². The van der Waals surface area contributed by atoms with Crippen molar-refractivity contribution in [1.82, 2.24) is 10.2 Å². The van der Waals surface area contributed by atoms with E-state index in [4.69, 9.17) is 0 Å². The number of halogens is 2. The first-order valence-electron chi connectivity index (χ1n) is 6.94. The van der Waals surface area contributed by atoms with E-state index in [-0.39, 0.29) is 24.2 Å². The Morgan fingerprint density at radius 1 is 1.26 bits per heavy atom. The summed E-state index contributed by atoms with van der Waals surface area (Å²) in [6, 6.07) is 5.88. The molecule has 2 aromatic rings. The molecular formula is C15H13F2N3O3. The molecule has 120 valence electrons. The van der Waals surface area contributed by atoms with Gasteiger partial charge in [0.05, 0.1) is 5.92 Å². The Hall–Kier alpha value is -2.77. The van der Waals surface area contributed by atoms with E-state index in [1.807, 2.05) is 0 Å². The molecule has 1 aliphatic heterocycles. The minimum Gasteiger partial charge on any atom is -0.481 e. The Labute approximate surface area is 129 Å². The van der Waals surface area contributed by atoms with Gasteiger partial charge in [0.25, 0.3) is 5.56 Å². The van der Waals surface area contributed by atoms with Crippen molar-refractivity contribution in [2.45, 2.75) is 5.92 Å². The summed E-state index contributed by atoms with van der Waals surface area (Å²) in [5.41, 5.74) is -0.213. The van der Waals surface area contributed by atoms with Crippen molar-refractivity contribution in [3.8, 4) is 0 Å². The molecule has 1 aromatic heterocycles. The van der Waals surface area contributed by atoms with Crippen LogP contribution in [-0.4, -0.2) is 34.4 Å². The summed E-state index contributed by atoms with van der Waals surface area (Å²) in [5, 5.41) is 15.5. The van der Waals surface area contributed by atoms with Crippen molar-refractivity contribution in [3.05, 3.63) is 57.9 Å². The van der Waals surface area contributed by atoms with Crippen LogP contribution in [-0.2, 0) is 4.79 Å². The number of nitrogens with zero attached hydrogens (tertiary/aromatic N) is 2. The van der Waals surface area contributed by atoms with Crippen LogP contribution in [0.4, 0.5) is 14.6 Å². The smallest absolute Gasteiger partial charge is 0.308 e. The summed E-state index contributed by atoms with van der Waals surface area (Å²) in [7, 11) is 0. The van der Waals surface area contributed by atoms with Gasteiger partial charge in [-0.25, -0.2) is 13.9 Å². The average Bonchev–Trinajstić information content (AvgIpc) is 2.93. The summed E-state index contributed by atoms with van der Waals surface area (Å²) in [6.07, 6.45) is 0. The van der Waals surface area contributed by atoms with E-state index in [1.165, 1.54) is 18.2 Å². The van der Waals surface area contributed by atoms with Gasteiger partial charge in [-0.2, -0.15) is 5.10 Å². The number of benzene rings is 1. The van der Waals surface area contributed by atoms with E-state index in [1.54, 1.807) is 4.90 Å². The van der Waals surface area contributed by atoms with Crippen molar-refractivity contribution < 1.29 is 18.7 Å². The Morgan fingerprint density at radius 2 is 2.04 bits per heavy atom. The molecule has 0 aliphatic carbocycles. The van der Waals surface area contributed by atoms with Crippen LogP contribution in [0.25, 0.3) is 0 Å². The van der Waals surface area contributed by atoms with Gasteiger partial charge in [0.2, 0.25) is 0 Å². The normalized spacial score (nSPS) is 20.7. The number of aromatic nitrogens is 2. The number of H-pyrrole nitrogens is 1.